The molecule has 0 aliphatic rings. The third-order valence-corrected chi connectivity index (χ3v) is 4.58. The van der Waals surface area contributed by atoms with Crippen molar-refractivity contribution in [3.8, 4) is 10.6 Å². The number of rotatable bonds is 5. The largest absolute Gasteiger partial charge is 0.456 e. The number of carbonyl (C=O) groups is 2. The molecule has 1 amide bonds. The van der Waals surface area contributed by atoms with Crippen LogP contribution in [0, 0.1) is 0 Å². The molecule has 1 unspecified atom stereocenters. The van der Waals surface area contributed by atoms with Gasteiger partial charge in [0.2, 0.25) is 0 Å². The van der Waals surface area contributed by atoms with E-state index in [1.54, 1.807) is 0 Å². The molecule has 2 rings (SSSR count). The summed E-state index contributed by atoms with van der Waals surface area (Å²) in [5.74, 6) is -0.803. The number of hydrogen-bond donors (Lipinski definition) is 2. The molecule has 0 aliphatic heterocycles. The Balaban J connectivity index is 1.97. The van der Waals surface area contributed by atoms with Crippen LogP contribution in [-0.2, 0) is 14.3 Å². The van der Waals surface area contributed by atoms with Gasteiger partial charge in [0.15, 0.2) is 11.7 Å². The molecule has 2 heterocycles. The third-order valence-electron chi connectivity index (χ3n) is 2.61. The Morgan fingerprint density at radius 1 is 1.48 bits per heavy atom. The lowest BCUT2D eigenvalue weighted by Gasteiger charge is -2.11. The average molecular weight is 325 g/mol. The van der Waals surface area contributed by atoms with Crippen molar-refractivity contribution in [1.29, 1.82) is 0 Å². The first-order valence-corrected chi connectivity index (χ1v) is 7.89. The zero-order chi connectivity index (χ0) is 15.4. The van der Waals surface area contributed by atoms with Crippen molar-refractivity contribution in [3.63, 3.8) is 0 Å². The van der Waals surface area contributed by atoms with Gasteiger partial charge in [-0.2, -0.15) is 0 Å². The number of thiazole rings is 1. The summed E-state index contributed by atoms with van der Waals surface area (Å²) < 4.78 is 4.65. The van der Waals surface area contributed by atoms with Crippen LogP contribution in [-0.4, -0.2) is 23.5 Å². The number of ether oxygens (including phenoxy) is 1. The van der Waals surface area contributed by atoms with Gasteiger partial charge in [0.25, 0.3) is 5.91 Å². The number of nitrogen functional groups attached to an aromatic ring is 1. The SMILES string of the molecule is CC(=O)OCC(=O)NC(C)c1ccc(-c2csc(N)n2)s1. The fourth-order valence-corrected chi connectivity index (χ4v) is 3.25. The maximum Gasteiger partial charge on any atom is 0.303 e. The molecular weight excluding hydrogens is 310 g/mol. The van der Waals surface area contributed by atoms with Gasteiger partial charge in [-0.15, -0.1) is 22.7 Å². The predicted octanol–water partition coefficient (Wildman–Crippen LogP) is 2.19. The summed E-state index contributed by atoms with van der Waals surface area (Å²) in [7, 11) is 0. The molecule has 0 aromatic carbocycles. The zero-order valence-electron chi connectivity index (χ0n) is 11.6. The Bertz CT molecular complexity index is 651. The van der Waals surface area contributed by atoms with Crippen molar-refractivity contribution in [2.75, 3.05) is 12.3 Å². The van der Waals surface area contributed by atoms with Gasteiger partial charge in [-0.25, -0.2) is 4.98 Å². The molecule has 112 valence electrons. The highest BCUT2D eigenvalue weighted by Gasteiger charge is 2.14. The number of thiophene rings is 1. The summed E-state index contributed by atoms with van der Waals surface area (Å²) in [5.41, 5.74) is 6.46. The van der Waals surface area contributed by atoms with Crippen molar-refractivity contribution in [2.24, 2.45) is 0 Å². The van der Waals surface area contributed by atoms with Crippen LogP contribution in [0.2, 0.25) is 0 Å². The molecule has 6 nitrogen and oxygen atoms in total. The molecule has 0 saturated heterocycles. The molecule has 0 bridgehead atoms. The van der Waals surface area contributed by atoms with Crippen molar-refractivity contribution in [1.82, 2.24) is 10.3 Å². The van der Waals surface area contributed by atoms with Crippen LogP contribution >= 0.6 is 22.7 Å². The van der Waals surface area contributed by atoms with Crippen LogP contribution in [0.3, 0.4) is 0 Å². The number of nitrogens with two attached hydrogens (primary N) is 1. The molecule has 2 aromatic rings. The molecule has 21 heavy (non-hydrogen) atoms. The fourth-order valence-electron chi connectivity index (χ4n) is 1.65. The summed E-state index contributed by atoms with van der Waals surface area (Å²) in [6.45, 7) is 2.87. The van der Waals surface area contributed by atoms with E-state index in [2.05, 4.69) is 15.0 Å². The van der Waals surface area contributed by atoms with Gasteiger partial charge in [-0.1, -0.05) is 0 Å². The number of hydrogen-bond acceptors (Lipinski definition) is 7. The molecule has 3 N–H and O–H groups in total. The van der Waals surface area contributed by atoms with E-state index < -0.39 is 5.97 Å². The molecule has 0 radical (unpaired) electrons. The Morgan fingerprint density at radius 2 is 2.24 bits per heavy atom. The van der Waals surface area contributed by atoms with Gasteiger partial charge in [-0.05, 0) is 19.1 Å². The quantitative estimate of drug-likeness (QED) is 0.822. The number of carbonyl (C=O) groups excluding carboxylic acids is 2. The van der Waals surface area contributed by atoms with Crippen LogP contribution in [0.25, 0.3) is 10.6 Å². The maximum atomic E-state index is 11.6. The summed E-state index contributed by atoms with van der Waals surface area (Å²) in [6, 6.07) is 3.72. The van der Waals surface area contributed by atoms with Gasteiger partial charge in [0.05, 0.1) is 16.6 Å². The van der Waals surface area contributed by atoms with Gasteiger partial charge >= 0.3 is 5.97 Å². The Kier molecular flexibility index (Phi) is 4.92. The molecule has 0 spiro atoms. The van der Waals surface area contributed by atoms with Crippen molar-refractivity contribution in [2.45, 2.75) is 19.9 Å². The lowest BCUT2D eigenvalue weighted by atomic mass is 10.2. The first kappa shape index (κ1) is 15.5. The van der Waals surface area contributed by atoms with E-state index in [4.69, 9.17) is 5.73 Å². The minimum absolute atomic E-state index is 0.164. The van der Waals surface area contributed by atoms with Crippen LogP contribution in [0.5, 0.6) is 0 Å². The smallest absolute Gasteiger partial charge is 0.303 e. The summed E-state index contributed by atoms with van der Waals surface area (Å²) in [6.07, 6.45) is 0. The normalized spacial score (nSPS) is 11.9. The van der Waals surface area contributed by atoms with Crippen LogP contribution in [0.1, 0.15) is 24.8 Å². The highest BCUT2D eigenvalue weighted by Crippen LogP contribution is 2.32. The lowest BCUT2D eigenvalue weighted by molar-refractivity contribution is -0.146. The molecule has 0 saturated carbocycles. The van der Waals surface area contributed by atoms with Crippen LogP contribution < -0.4 is 11.1 Å². The Morgan fingerprint density at radius 3 is 2.86 bits per heavy atom. The second kappa shape index (κ2) is 6.68. The molecule has 1 atom stereocenters. The molecule has 0 fully saturated rings. The Labute approximate surface area is 130 Å². The van der Waals surface area contributed by atoms with E-state index in [0.29, 0.717) is 5.13 Å². The van der Waals surface area contributed by atoms with Gasteiger partial charge < -0.3 is 15.8 Å². The second-order valence-corrected chi connectivity index (χ2v) is 6.35. The molecule has 8 heteroatoms. The van der Waals surface area contributed by atoms with E-state index in [-0.39, 0.29) is 18.6 Å². The van der Waals surface area contributed by atoms with Gasteiger partial charge in [0, 0.05) is 17.2 Å². The van der Waals surface area contributed by atoms with Crippen molar-refractivity contribution >= 4 is 39.7 Å². The summed E-state index contributed by atoms with van der Waals surface area (Å²) >= 11 is 2.93. The predicted molar refractivity (Wildman–Crippen MR) is 83.0 cm³/mol. The third kappa shape index (κ3) is 4.27. The fraction of sp³-hybridized carbons (Fsp3) is 0.308. The first-order chi connectivity index (χ1) is 9.95. The van der Waals surface area contributed by atoms with Crippen LogP contribution in [0.15, 0.2) is 17.5 Å². The number of amides is 1. The summed E-state index contributed by atoms with van der Waals surface area (Å²) in [4.78, 5) is 28.5. The van der Waals surface area contributed by atoms with E-state index in [0.717, 1.165) is 15.4 Å². The molecule has 2 aromatic heterocycles. The number of nitrogens with one attached hydrogen (secondary N) is 1. The van der Waals surface area contributed by atoms with Crippen molar-refractivity contribution < 1.29 is 14.3 Å². The minimum atomic E-state index is -0.475. The molecule has 0 aliphatic carbocycles. The maximum absolute atomic E-state index is 11.6. The summed E-state index contributed by atoms with van der Waals surface area (Å²) in [5, 5.41) is 5.20. The topological polar surface area (TPSA) is 94.3 Å². The van der Waals surface area contributed by atoms with Gasteiger partial charge in [0.1, 0.15) is 0 Å². The van der Waals surface area contributed by atoms with E-state index >= 15 is 0 Å². The van der Waals surface area contributed by atoms with E-state index in [1.165, 1.54) is 29.6 Å². The average Bonchev–Trinajstić information content (AvgIpc) is 3.04. The minimum Gasteiger partial charge on any atom is -0.456 e. The zero-order valence-corrected chi connectivity index (χ0v) is 13.2. The molecular formula is C13H15N3O3S2. The van der Waals surface area contributed by atoms with E-state index in [1.807, 2.05) is 24.4 Å². The van der Waals surface area contributed by atoms with Crippen LogP contribution in [0.4, 0.5) is 5.13 Å². The van der Waals surface area contributed by atoms with Crippen molar-refractivity contribution in [3.05, 3.63) is 22.4 Å². The highest BCUT2D eigenvalue weighted by atomic mass is 32.1. The lowest BCUT2D eigenvalue weighted by Crippen LogP contribution is -2.30. The first-order valence-electron chi connectivity index (χ1n) is 6.19. The monoisotopic (exact) mass is 325 g/mol. The highest BCUT2D eigenvalue weighted by molar-refractivity contribution is 7.17. The van der Waals surface area contributed by atoms with Gasteiger partial charge in [-0.3, -0.25) is 9.59 Å². The number of esters is 1. The number of nitrogens with zero attached hydrogens (tertiary/aromatic N) is 1. The second-order valence-electron chi connectivity index (χ2n) is 4.34. The Hall–Kier alpha value is -1.93. The number of aromatic nitrogens is 1. The van der Waals surface area contributed by atoms with E-state index in [9.17, 15) is 9.59 Å². The number of anilines is 1. The standard InChI is InChI=1S/C13H15N3O3S2/c1-7(15-12(18)5-19-8(2)17)10-3-4-11(21-10)9-6-20-13(14)16-9/h3-4,6-7H,5H2,1-2H3,(H2,14,16)(H,15,18).